The maximum absolute atomic E-state index is 10.6. The van der Waals surface area contributed by atoms with Gasteiger partial charge in [-0.15, -0.1) is 0 Å². The molecule has 1 N–H and O–H groups in total. The Morgan fingerprint density at radius 2 is 2.06 bits per heavy atom. The summed E-state index contributed by atoms with van der Waals surface area (Å²) in [6, 6.07) is 6.87. The summed E-state index contributed by atoms with van der Waals surface area (Å²) in [6.07, 6.45) is 0. The van der Waals surface area contributed by atoms with Crippen LogP contribution < -0.4 is 5.32 Å². The van der Waals surface area contributed by atoms with Crippen molar-refractivity contribution in [3.8, 4) is 0 Å². The van der Waals surface area contributed by atoms with Gasteiger partial charge in [-0.1, -0.05) is 19.1 Å². The third kappa shape index (κ3) is 2.86. The summed E-state index contributed by atoms with van der Waals surface area (Å²) in [5.74, 6) is 0. The van der Waals surface area contributed by atoms with Crippen LogP contribution in [0, 0.1) is 15.5 Å². The summed E-state index contributed by atoms with van der Waals surface area (Å²) in [7, 11) is 0. The van der Waals surface area contributed by atoms with Crippen molar-refractivity contribution in [1.29, 1.82) is 0 Å². The summed E-state index contributed by atoms with van der Waals surface area (Å²) in [4.78, 5) is 10.2. The van der Waals surface area contributed by atoms with Crippen LogP contribution in [0.3, 0.4) is 0 Å². The van der Waals surface area contributed by atoms with Gasteiger partial charge in [-0.3, -0.25) is 10.1 Å². The zero-order chi connectivity index (χ0) is 13.2. The number of hydrogen-bond acceptors (Lipinski definition) is 4. The minimum atomic E-state index is -0.380. The summed E-state index contributed by atoms with van der Waals surface area (Å²) >= 11 is 0. The molecule has 1 aromatic carbocycles. The summed E-state index contributed by atoms with van der Waals surface area (Å²) in [6.45, 7) is 6.74. The van der Waals surface area contributed by atoms with Gasteiger partial charge in [0.2, 0.25) is 0 Å². The largest absolute Gasteiger partial charge is 0.380 e. The second-order valence-corrected chi connectivity index (χ2v) is 5.25. The molecule has 5 nitrogen and oxygen atoms in total. The van der Waals surface area contributed by atoms with Crippen molar-refractivity contribution in [1.82, 2.24) is 5.32 Å². The number of nitro groups is 1. The smallest absolute Gasteiger partial charge is 0.269 e. The number of nitro benzene ring substituents is 1. The van der Waals surface area contributed by atoms with Gasteiger partial charge in [0, 0.05) is 30.1 Å². The Morgan fingerprint density at radius 3 is 2.50 bits per heavy atom. The van der Waals surface area contributed by atoms with Crippen molar-refractivity contribution in [3.05, 3.63) is 39.9 Å². The monoisotopic (exact) mass is 250 g/mol. The fourth-order valence-electron chi connectivity index (χ4n) is 1.95. The maximum atomic E-state index is 10.6. The van der Waals surface area contributed by atoms with Gasteiger partial charge in [-0.25, -0.2) is 0 Å². The van der Waals surface area contributed by atoms with E-state index >= 15 is 0 Å². The SMILES string of the molecule is CC(NCC1(C)COC1)c1ccc([N+](=O)[O-])cc1. The van der Waals surface area contributed by atoms with E-state index in [1.54, 1.807) is 24.3 Å². The van der Waals surface area contributed by atoms with Crippen molar-refractivity contribution < 1.29 is 9.66 Å². The summed E-state index contributed by atoms with van der Waals surface area (Å²) < 4.78 is 5.20. The van der Waals surface area contributed by atoms with Gasteiger partial charge in [-0.05, 0) is 12.5 Å². The van der Waals surface area contributed by atoms with Crippen LogP contribution in [0.5, 0.6) is 0 Å². The van der Waals surface area contributed by atoms with Gasteiger partial charge < -0.3 is 10.1 Å². The van der Waals surface area contributed by atoms with Crippen LogP contribution in [0.15, 0.2) is 24.3 Å². The van der Waals surface area contributed by atoms with E-state index in [-0.39, 0.29) is 22.1 Å². The molecule has 0 aromatic heterocycles. The summed E-state index contributed by atoms with van der Waals surface area (Å²) in [5.41, 5.74) is 1.42. The molecule has 1 aromatic rings. The molecule has 0 spiro atoms. The van der Waals surface area contributed by atoms with E-state index < -0.39 is 0 Å². The number of non-ortho nitro benzene ring substituents is 1. The highest BCUT2D eigenvalue weighted by Crippen LogP contribution is 2.26. The Balaban J connectivity index is 1.91. The molecule has 1 aliphatic rings. The van der Waals surface area contributed by atoms with Crippen LogP contribution in [0.4, 0.5) is 5.69 Å². The van der Waals surface area contributed by atoms with Crippen LogP contribution in [0.1, 0.15) is 25.5 Å². The first kappa shape index (κ1) is 13.0. The maximum Gasteiger partial charge on any atom is 0.269 e. The Labute approximate surface area is 106 Å². The van der Waals surface area contributed by atoms with E-state index in [0.29, 0.717) is 0 Å². The third-order valence-corrected chi connectivity index (χ3v) is 3.34. The first-order valence-corrected chi connectivity index (χ1v) is 6.06. The van der Waals surface area contributed by atoms with E-state index in [1.807, 2.05) is 0 Å². The molecule has 98 valence electrons. The molecule has 0 radical (unpaired) electrons. The molecule has 0 amide bonds. The number of hydrogen-bond donors (Lipinski definition) is 1. The highest BCUT2D eigenvalue weighted by molar-refractivity contribution is 5.34. The van der Waals surface area contributed by atoms with E-state index in [4.69, 9.17) is 4.74 Å². The van der Waals surface area contributed by atoms with Gasteiger partial charge in [0.05, 0.1) is 18.1 Å². The molecular formula is C13H18N2O3. The van der Waals surface area contributed by atoms with Crippen LogP contribution in [0.25, 0.3) is 0 Å². The number of benzene rings is 1. The minimum absolute atomic E-state index is 0.130. The molecule has 1 fully saturated rings. The fourth-order valence-corrected chi connectivity index (χ4v) is 1.95. The molecule has 1 unspecified atom stereocenters. The van der Waals surface area contributed by atoms with Gasteiger partial charge in [-0.2, -0.15) is 0 Å². The molecule has 0 saturated carbocycles. The molecule has 2 rings (SSSR count). The molecule has 1 heterocycles. The zero-order valence-electron chi connectivity index (χ0n) is 10.7. The van der Waals surface area contributed by atoms with Gasteiger partial charge in [0.1, 0.15) is 0 Å². The van der Waals surface area contributed by atoms with Crippen LogP contribution in [-0.2, 0) is 4.74 Å². The molecule has 1 atom stereocenters. The summed E-state index contributed by atoms with van der Waals surface area (Å²) in [5, 5.41) is 14.0. The second-order valence-electron chi connectivity index (χ2n) is 5.25. The average Bonchev–Trinajstić information content (AvgIpc) is 2.33. The number of nitrogens with zero attached hydrogens (tertiary/aromatic N) is 1. The lowest BCUT2D eigenvalue weighted by atomic mass is 9.88. The van der Waals surface area contributed by atoms with E-state index in [1.165, 1.54) is 0 Å². The molecular weight excluding hydrogens is 232 g/mol. The molecule has 5 heteroatoms. The topological polar surface area (TPSA) is 64.4 Å². The predicted molar refractivity (Wildman–Crippen MR) is 68.4 cm³/mol. The van der Waals surface area contributed by atoms with Crippen molar-refractivity contribution in [2.24, 2.45) is 5.41 Å². The van der Waals surface area contributed by atoms with Crippen LogP contribution in [0.2, 0.25) is 0 Å². The second kappa shape index (κ2) is 5.04. The van der Waals surface area contributed by atoms with Crippen molar-refractivity contribution >= 4 is 5.69 Å². The highest BCUT2D eigenvalue weighted by Gasteiger charge is 2.33. The van der Waals surface area contributed by atoms with E-state index in [2.05, 4.69) is 19.2 Å². The molecule has 18 heavy (non-hydrogen) atoms. The fraction of sp³-hybridized carbons (Fsp3) is 0.538. The lowest BCUT2D eigenvalue weighted by Crippen LogP contribution is -2.47. The number of nitrogens with one attached hydrogen (secondary N) is 1. The van der Waals surface area contributed by atoms with Crippen molar-refractivity contribution in [2.45, 2.75) is 19.9 Å². The predicted octanol–water partition coefficient (Wildman–Crippen LogP) is 2.28. The minimum Gasteiger partial charge on any atom is -0.380 e. The lowest BCUT2D eigenvalue weighted by Gasteiger charge is -2.39. The quantitative estimate of drug-likeness (QED) is 0.643. The van der Waals surface area contributed by atoms with Crippen molar-refractivity contribution in [3.63, 3.8) is 0 Å². The standard InChI is InChI=1S/C13H18N2O3/c1-10(14-7-13(2)8-18-9-13)11-3-5-12(6-4-11)15(16)17/h3-6,10,14H,7-9H2,1-2H3. The molecule has 1 saturated heterocycles. The van der Waals surface area contributed by atoms with E-state index in [9.17, 15) is 10.1 Å². The van der Waals surface area contributed by atoms with Crippen molar-refractivity contribution in [2.75, 3.05) is 19.8 Å². The average molecular weight is 250 g/mol. The van der Waals surface area contributed by atoms with Gasteiger partial charge in [0.25, 0.3) is 5.69 Å². The highest BCUT2D eigenvalue weighted by atomic mass is 16.6. The number of ether oxygens (including phenoxy) is 1. The van der Waals surface area contributed by atoms with Gasteiger partial charge in [0.15, 0.2) is 0 Å². The normalized spacial score (nSPS) is 19.0. The molecule has 0 bridgehead atoms. The third-order valence-electron chi connectivity index (χ3n) is 3.34. The number of rotatable bonds is 5. The van der Waals surface area contributed by atoms with Gasteiger partial charge >= 0.3 is 0 Å². The Bertz CT molecular complexity index is 426. The van der Waals surface area contributed by atoms with E-state index in [0.717, 1.165) is 25.3 Å². The van der Waals surface area contributed by atoms with Crippen LogP contribution >= 0.6 is 0 Å². The zero-order valence-corrected chi connectivity index (χ0v) is 10.7. The lowest BCUT2D eigenvalue weighted by molar-refractivity contribution is -0.384. The Morgan fingerprint density at radius 1 is 1.44 bits per heavy atom. The first-order chi connectivity index (χ1) is 8.50. The Kier molecular flexibility index (Phi) is 3.63. The molecule has 1 aliphatic heterocycles. The Hall–Kier alpha value is -1.46. The molecule has 0 aliphatic carbocycles. The van der Waals surface area contributed by atoms with Crippen LogP contribution in [-0.4, -0.2) is 24.7 Å². The first-order valence-electron chi connectivity index (χ1n) is 6.06.